The number of nitrogens with zero attached hydrogens (tertiary/aromatic N) is 2. The Hall–Kier alpha value is -4.25. The number of carbonyl (C=O) groups excluding carboxylic acids is 3. The first-order chi connectivity index (χ1) is 22.1. The first kappa shape index (κ1) is 31.7. The summed E-state index contributed by atoms with van der Waals surface area (Å²) >= 11 is 5.97. The molecule has 11 heteroatoms. The van der Waals surface area contributed by atoms with Gasteiger partial charge in [-0.3, -0.25) is 14.4 Å². The summed E-state index contributed by atoms with van der Waals surface area (Å²) in [6.07, 6.45) is 2.24. The van der Waals surface area contributed by atoms with Gasteiger partial charge in [0.05, 0.1) is 4.90 Å². The lowest BCUT2D eigenvalue weighted by atomic mass is 10.0. The summed E-state index contributed by atoms with van der Waals surface area (Å²) in [5.41, 5.74) is 2.40. The predicted molar refractivity (Wildman–Crippen MR) is 179 cm³/mol. The highest BCUT2D eigenvalue weighted by atomic mass is 35.5. The highest BCUT2D eigenvalue weighted by Gasteiger charge is 2.38. The van der Waals surface area contributed by atoms with E-state index in [-0.39, 0.29) is 28.7 Å². The molecule has 0 bridgehead atoms. The molecule has 3 amide bonds. The van der Waals surface area contributed by atoms with Crippen molar-refractivity contribution in [2.45, 2.75) is 49.6 Å². The van der Waals surface area contributed by atoms with E-state index in [0.717, 1.165) is 12.0 Å². The fourth-order valence-electron chi connectivity index (χ4n) is 6.38. The Balaban J connectivity index is 1.11. The van der Waals surface area contributed by atoms with Crippen molar-refractivity contribution in [2.24, 2.45) is 0 Å². The average Bonchev–Trinajstić information content (AvgIpc) is 3.55. The van der Waals surface area contributed by atoms with E-state index in [1.165, 1.54) is 0 Å². The standard InChI is InChI=1S/C35H35ClN4O5S/c1-23-7-2-3-8-27(23)33(41)37-30-11-4-10-29-28(30)9-5-13-32(29)46(44,45)38-26-18-21-39(22-19-26)35(43)31-12-6-20-40(31)34(42)24-14-16-25(36)17-15-24/h2-5,7-11,13-17,26,31,38H,6,12,18-22H2,1H3,(H,37,41)/t31-/m0/s1. The molecule has 2 aliphatic heterocycles. The molecule has 0 aromatic heterocycles. The minimum atomic E-state index is -3.93. The smallest absolute Gasteiger partial charge is 0.255 e. The van der Waals surface area contributed by atoms with Gasteiger partial charge in [0.25, 0.3) is 11.8 Å². The monoisotopic (exact) mass is 658 g/mol. The van der Waals surface area contributed by atoms with Gasteiger partial charge in [0.15, 0.2) is 0 Å². The molecule has 6 rings (SSSR count). The fraction of sp³-hybridized carbons (Fsp3) is 0.286. The number of nitrogens with one attached hydrogen (secondary N) is 2. The summed E-state index contributed by atoms with van der Waals surface area (Å²) in [7, 11) is -3.93. The minimum Gasteiger partial charge on any atom is -0.341 e. The first-order valence-electron chi connectivity index (χ1n) is 15.4. The SMILES string of the molecule is Cc1ccccc1C(=O)Nc1cccc2c(S(=O)(=O)NC3CCN(C(=O)[C@@H]4CCCN4C(=O)c4ccc(Cl)cc4)CC3)cccc12. The summed E-state index contributed by atoms with van der Waals surface area (Å²) < 4.78 is 30.2. The number of anilines is 1. The zero-order chi connectivity index (χ0) is 32.4. The topological polar surface area (TPSA) is 116 Å². The van der Waals surface area contributed by atoms with Crippen molar-refractivity contribution in [2.75, 3.05) is 25.0 Å². The number of rotatable bonds is 7. The largest absolute Gasteiger partial charge is 0.341 e. The van der Waals surface area contributed by atoms with E-state index in [9.17, 15) is 22.8 Å². The van der Waals surface area contributed by atoms with Crippen LogP contribution in [-0.2, 0) is 14.8 Å². The molecule has 0 spiro atoms. The van der Waals surface area contributed by atoms with Crippen LogP contribution >= 0.6 is 11.6 Å². The lowest BCUT2D eigenvalue weighted by Gasteiger charge is -2.35. The lowest BCUT2D eigenvalue weighted by Crippen LogP contribution is -2.52. The number of carbonyl (C=O) groups is 3. The maximum Gasteiger partial charge on any atom is 0.255 e. The van der Waals surface area contributed by atoms with Crippen molar-refractivity contribution in [3.05, 3.63) is 107 Å². The normalized spacial score (nSPS) is 17.3. The summed E-state index contributed by atoms with van der Waals surface area (Å²) in [6.45, 7) is 3.14. The molecular weight excluding hydrogens is 624 g/mol. The highest BCUT2D eigenvalue weighted by molar-refractivity contribution is 7.89. The van der Waals surface area contributed by atoms with E-state index in [1.54, 1.807) is 82.6 Å². The molecule has 0 unspecified atom stereocenters. The van der Waals surface area contributed by atoms with Crippen LogP contribution in [0.1, 0.15) is 52.0 Å². The number of hydrogen-bond acceptors (Lipinski definition) is 5. The maximum atomic E-state index is 13.7. The van der Waals surface area contributed by atoms with Gasteiger partial charge in [-0.1, -0.05) is 54.1 Å². The third-order valence-electron chi connectivity index (χ3n) is 8.83. The minimum absolute atomic E-state index is 0.101. The zero-order valence-corrected chi connectivity index (χ0v) is 27.0. The van der Waals surface area contributed by atoms with Crippen molar-refractivity contribution in [3.63, 3.8) is 0 Å². The van der Waals surface area contributed by atoms with Crippen LogP contribution in [0.2, 0.25) is 5.02 Å². The molecule has 0 aliphatic carbocycles. The quantitative estimate of drug-likeness (QED) is 0.267. The van der Waals surface area contributed by atoms with Gasteiger partial charge in [-0.05, 0) is 80.6 Å². The van der Waals surface area contributed by atoms with Crippen LogP contribution in [-0.4, -0.2) is 67.7 Å². The predicted octanol–water partition coefficient (Wildman–Crippen LogP) is 5.63. The van der Waals surface area contributed by atoms with E-state index in [4.69, 9.17) is 11.6 Å². The second-order valence-electron chi connectivity index (χ2n) is 11.8. The van der Waals surface area contributed by atoms with Crippen LogP contribution < -0.4 is 10.0 Å². The van der Waals surface area contributed by atoms with Crippen LogP contribution in [0.15, 0.2) is 89.8 Å². The lowest BCUT2D eigenvalue weighted by molar-refractivity contribution is -0.136. The fourth-order valence-corrected chi connectivity index (χ4v) is 8.03. The van der Waals surface area contributed by atoms with Gasteiger partial charge in [0.2, 0.25) is 15.9 Å². The second kappa shape index (κ2) is 13.2. The van der Waals surface area contributed by atoms with Gasteiger partial charge in [0, 0.05) is 58.3 Å². The van der Waals surface area contributed by atoms with Gasteiger partial charge < -0.3 is 15.1 Å². The molecule has 2 saturated heterocycles. The van der Waals surface area contributed by atoms with Crippen molar-refractivity contribution >= 4 is 55.8 Å². The van der Waals surface area contributed by atoms with Crippen LogP contribution in [0.4, 0.5) is 5.69 Å². The number of hydrogen-bond donors (Lipinski definition) is 2. The van der Waals surface area contributed by atoms with E-state index in [2.05, 4.69) is 10.0 Å². The van der Waals surface area contributed by atoms with Crippen molar-refractivity contribution < 1.29 is 22.8 Å². The van der Waals surface area contributed by atoms with E-state index < -0.39 is 16.1 Å². The van der Waals surface area contributed by atoms with Gasteiger partial charge in [-0.2, -0.15) is 0 Å². The van der Waals surface area contributed by atoms with Crippen molar-refractivity contribution in [3.8, 4) is 0 Å². The van der Waals surface area contributed by atoms with E-state index >= 15 is 0 Å². The summed E-state index contributed by atoms with van der Waals surface area (Å²) in [4.78, 5) is 43.2. The molecular formula is C35H35ClN4O5S. The van der Waals surface area contributed by atoms with Crippen LogP contribution in [0.3, 0.4) is 0 Å². The average molecular weight is 659 g/mol. The maximum absolute atomic E-state index is 13.7. The molecule has 0 radical (unpaired) electrons. The number of halogens is 1. The Labute approximate surface area is 273 Å². The van der Waals surface area contributed by atoms with Gasteiger partial charge in [-0.25, -0.2) is 13.1 Å². The Morgan fingerprint density at radius 2 is 1.50 bits per heavy atom. The molecule has 2 heterocycles. The van der Waals surface area contributed by atoms with Crippen LogP contribution in [0.25, 0.3) is 10.8 Å². The van der Waals surface area contributed by atoms with Gasteiger partial charge in [-0.15, -0.1) is 0 Å². The molecule has 1 atom stereocenters. The Bertz CT molecular complexity index is 1910. The van der Waals surface area contributed by atoms with Gasteiger partial charge >= 0.3 is 0 Å². The number of sulfonamides is 1. The molecule has 46 heavy (non-hydrogen) atoms. The molecule has 9 nitrogen and oxygen atoms in total. The molecule has 2 N–H and O–H groups in total. The van der Waals surface area contributed by atoms with E-state index in [0.29, 0.717) is 71.5 Å². The van der Waals surface area contributed by atoms with E-state index in [1.807, 2.05) is 19.1 Å². The van der Waals surface area contributed by atoms with Crippen LogP contribution in [0.5, 0.6) is 0 Å². The van der Waals surface area contributed by atoms with Crippen molar-refractivity contribution in [1.29, 1.82) is 0 Å². The summed E-state index contributed by atoms with van der Waals surface area (Å²) in [6, 6.07) is 23.3. The molecule has 238 valence electrons. The summed E-state index contributed by atoms with van der Waals surface area (Å²) in [5, 5.41) is 4.59. The summed E-state index contributed by atoms with van der Waals surface area (Å²) in [5.74, 6) is -0.563. The molecule has 2 fully saturated rings. The number of amides is 3. The number of aryl methyl sites for hydroxylation is 1. The molecule has 4 aromatic rings. The zero-order valence-electron chi connectivity index (χ0n) is 25.4. The molecule has 0 saturated carbocycles. The third kappa shape index (κ3) is 6.51. The number of likely N-dealkylation sites (tertiary alicyclic amines) is 2. The highest BCUT2D eigenvalue weighted by Crippen LogP contribution is 2.30. The molecule has 4 aromatic carbocycles. The van der Waals surface area contributed by atoms with Crippen molar-refractivity contribution in [1.82, 2.24) is 14.5 Å². The van der Waals surface area contributed by atoms with Crippen LogP contribution in [0, 0.1) is 6.92 Å². The Morgan fingerprint density at radius 3 is 2.24 bits per heavy atom. The third-order valence-corrected chi connectivity index (χ3v) is 10.7. The second-order valence-corrected chi connectivity index (χ2v) is 13.9. The Morgan fingerprint density at radius 1 is 0.804 bits per heavy atom. The Kier molecular flexibility index (Phi) is 9.13. The number of benzene rings is 4. The number of fused-ring (bicyclic) bond motifs is 1. The first-order valence-corrected chi connectivity index (χ1v) is 17.2. The molecule has 2 aliphatic rings. The van der Waals surface area contributed by atoms with Gasteiger partial charge in [0.1, 0.15) is 6.04 Å². The number of piperidine rings is 1.